The second kappa shape index (κ2) is 4.85. The summed E-state index contributed by atoms with van der Waals surface area (Å²) in [6, 6.07) is 8.09. The largest absolute Gasteiger partial charge is 0.481 e. The fraction of sp³-hybridized carbons (Fsp3) is 0.286. The Morgan fingerprint density at radius 3 is 2.95 bits per heavy atom. The van der Waals surface area contributed by atoms with Gasteiger partial charge in [-0.3, -0.25) is 4.79 Å². The fourth-order valence-electron chi connectivity index (χ4n) is 2.58. The summed E-state index contributed by atoms with van der Waals surface area (Å²) in [6.07, 6.45) is 6.00. The normalized spacial score (nSPS) is 22.5. The van der Waals surface area contributed by atoms with Gasteiger partial charge in [0.2, 0.25) is 0 Å². The van der Waals surface area contributed by atoms with E-state index in [1.165, 1.54) is 0 Å². The second-order valence-electron chi connectivity index (χ2n) is 4.76. The minimum absolute atomic E-state index is 0.0831. The maximum absolute atomic E-state index is 11.0. The number of aromatic nitrogens is 2. The van der Waals surface area contributed by atoms with Gasteiger partial charge in [0.1, 0.15) is 0 Å². The predicted octanol–water partition coefficient (Wildman–Crippen LogP) is 1.61. The van der Waals surface area contributed by atoms with E-state index in [0.29, 0.717) is 13.0 Å². The molecule has 98 valence electrons. The number of carbonyl (C=O) groups is 1. The van der Waals surface area contributed by atoms with Gasteiger partial charge in [-0.2, -0.15) is 0 Å². The van der Waals surface area contributed by atoms with Crippen molar-refractivity contribution < 1.29 is 9.90 Å². The summed E-state index contributed by atoms with van der Waals surface area (Å²) in [5, 5.41) is 12.4. The SMILES string of the molecule is O=C(O)C1CNC(c2ccccc2-n2ccnc2)C1. The van der Waals surface area contributed by atoms with E-state index in [4.69, 9.17) is 5.11 Å². The van der Waals surface area contributed by atoms with Gasteiger partial charge < -0.3 is 15.0 Å². The lowest BCUT2D eigenvalue weighted by atomic mass is 9.98. The highest BCUT2D eigenvalue weighted by Crippen LogP contribution is 2.31. The van der Waals surface area contributed by atoms with Gasteiger partial charge in [-0.15, -0.1) is 0 Å². The highest BCUT2D eigenvalue weighted by atomic mass is 16.4. The molecule has 1 fully saturated rings. The number of rotatable bonds is 3. The van der Waals surface area contributed by atoms with Crippen molar-refractivity contribution in [1.29, 1.82) is 0 Å². The number of aliphatic carboxylic acids is 1. The number of benzene rings is 1. The number of hydrogen-bond donors (Lipinski definition) is 2. The third-order valence-electron chi connectivity index (χ3n) is 3.57. The van der Waals surface area contributed by atoms with Gasteiger partial charge in [0, 0.05) is 25.0 Å². The molecule has 1 aliphatic heterocycles. The standard InChI is InChI=1S/C14H15N3O2/c18-14(19)10-7-12(16-8-10)11-3-1-2-4-13(11)17-6-5-15-9-17/h1-6,9-10,12,16H,7-8H2,(H,18,19). The Labute approximate surface area is 110 Å². The van der Waals surface area contributed by atoms with E-state index in [2.05, 4.69) is 10.3 Å². The molecule has 1 aromatic heterocycles. The summed E-state index contributed by atoms with van der Waals surface area (Å²) in [6.45, 7) is 0.526. The van der Waals surface area contributed by atoms with Gasteiger partial charge in [-0.25, -0.2) is 4.98 Å². The van der Waals surface area contributed by atoms with Crippen molar-refractivity contribution in [3.63, 3.8) is 0 Å². The molecule has 0 aliphatic carbocycles. The van der Waals surface area contributed by atoms with Crippen LogP contribution < -0.4 is 5.32 Å². The molecule has 2 atom stereocenters. The maximum atomic E-state index is 11.0. The molecule has 0 bridgehead atoms. The number of nitrogens with one attached hydrogen (secondary N) is 1. The number of nitrogens with zero attached hydrogens (tertiary/aromatic N) is 2. The average Bonchev–Trinajstić information content (AvgIpc) is 3.10. The average molecular weight is 257 g/mol. The molecule has 1 aromatic carbocycles. The van der Waals surface area contributed by atoms with Crippen LogP contribution >= 0.6 is 0 Å². The van der Waals surface area contributed by atoms with Crippen molar-refractivity contribution in [2.45, 2.75) is 12.5 Å². The van der Waals surface area contributed by atoms with E-state index in [1.807, 2.05) is 35.0 Å². The molecular weight excluding hydrogens is 242 g/mol. The Morgan fingerprint density at radius 1 is 1.42 bits per heavy atom. The lowest BCUT2D eigenvalue weighted by Crippen LogP contribution is -2.17. The summed E-state index contributed by atoms with van der Waals surface area (Å²) in [7, 11) is 0. The van der Waals surface area contributed by atoms with Gasteiger partial charge in [0.05, 0.1) is 17.9 Å². The summed E-state index contributed by atoms with van der Waals surface area (Å²) in [5.41, 5.74) is 2.16. The monoisotopic (exact) mass is 257 g/mol. The zero-order valence-corrected chi connectivity index (χ0v) is 10.4. The van der Waals surface area contributed by atoms with Gasteiger partial charge in [-0.05, 0) is 18.1 Å². The fourth-order valence-corrected chi connectivity index (χ4v) is 2.58. The van der Waals surface area contributed by atoms with Crippen LogP contribution in [-0.4, -0.2) is 27.2 Å². The summed E-state index contributed by atoms with van der Waals surface area (Å²) in [4.78, 5) is 15.1. The number of carboxylic acids is 1. The van der Waals surface area contributed by atoms with Crippen molar-refractivity contribution in [2.24, 2.45) is 5.92 Å². The zero-order valence-electron chi connectivity index (χ0n) is 10.4. The number of carboxylic acid groups (broad SMARTS) is 1. The Kier molecular flexibility index (Phi) is 3.05. The number of imidazole rings is 1. The van der Waals surface area contributed by atoms with Crippen LogP contribution in [-0.2, 0) is 4.79 Å². The van der Waals surface area contributed by atoms with Crippen molar-refractivity contribution in [3.8, 4) is 5.69 Å². The molecule has 0 radical (unpaired) electrons. The van der Waals surface area contributed by atoms with Gasteiger partial charge in [0.25, 0.3) is 0 Å². The van der Waals surface area contributed by atoms with E-state index in [0.717, 1.165) is 11.3 Å². The van der Waals surface area contributed by atoms with E-state index >= 15 is 0 Å². The van der Waals surface area contributed by atoms with Gasteiger partial charge >= 0.3 is 5.97 Å². The Morgan fingerprint density at radius 2 is 2.26 bits per heavy atom. The molecule has 2 heterocycles. The molecular formula is C14H15N3O2. The minimum Gasteiger partial charge on any atom is -0.481 e. The van der Waals surface area contributed by atoms with Crippen LogP contribution in [0.5, 0.6) is 0 Å². The van der Waals surface area contributed by atoms with E-state index in [-0.39, 0.29) is 12.0 Å². The van der Waals surface area contributed by atoms with Crippen molar-refractivity contribution in [2.75, 3.05) is 6.54 Å². The highest BCUT2D eigenvalue weighted by Gasteiger charge is 2.31. The molecule has 19 heavy (non-hydrogen) atoms. The molecule has 0 saturated carbocycles. The second-order valence-corrected chi connectivity index (χ2v) is 4.76. The summed E-state index contributed by atoms with van der Waals surface area (Å²) < 4.78 is 1.95. The number of hydrogen-bond acceptors (Lipinski definition) is 3. The van der Waals surface area contributed by atoms with E-state index < -0.39 is 5.97 Å². The molecule has 1 aliphatic rings. The van der Waals surface area contributed by atoms with Crippen molar-refractivity contribution >= 4 is 5.97 Å². The molecule has 5 nitrogen and oxygen atoms in total. The first kappa shape index (κ1) is 11.9. The summed E-state index contributed by atoms with van der Waals surface area (Å²) in [5.74, 6) is -1.03. The number of para-hydroxylation sites is 1. The van der Waals surface area contributed by atoms with Crippen LogP contribution in [0.25, 0.3) is 5.69 Å². The van der Waals surface area contributed by atoms with Crippen LogP contribution in [0.2, 0.25) is 0 Å². The molecule has 1 saturated heterocycles. The quantitative estimate of drug-likeness (QED) is 0.876. The van der Waals surface area contributed by atoms with Crippen LogP contribution in [0, 0.1) is 5.92 Å². The van der Waals surface area contributed by atoms with Crippen LogP contribution in [0.4, 0.5) is 0 Å². The summed E-state index contributed by atoms with van der Waals surface area (Å²) >= 11 is 0. The molecule has 2 N–H and O–H groups in total. The Bertz CT molecular complexity index is 580. The molecule has 2 unspecified atom stereocenters. The lowest BCUT2D eigenvalue weighted by molar-refractivity contribution is -0.141. The maximum Gasteiger partial charge on any atom is 0.307 e. The zero-order chi connectivity index (χ0) is 13.2. The van der Waals surface area contributed by atoms with E-state index in [9.17, 15) is 4.79 Å². The topological polar surface area (TPSA) is 67.2 Å². The molecule has 0 spiro atoms. The Hall–Kier alpha value is -2.14. The first-order valence-corrected chi connectivity index (χ1v) is 6.29. The molecule has 0 amide bonds. The van der Waals surface area contributed by atoms with Crippen LogP contribution in [0.1, 0.15) is 18.0 Å². The van der Waals surface area contributed by atoms with E-state index in [1.54, 1.807) is 12.5 Å². The third-order valence-corrected chi connectivity index (χ3v) is 3.57. The Balaban J connectivity index is 1.92. The van der Waals surface area contributed by atoms with Crippen molar-refractivity contribution in [3.05, 3.63) is 48.5 Å². The van der Waals surface area contributed by atoms with Crippen LogP contribution in [0.15, 0.2) is 43.0 Å². The van der Waals surface area contributed by atoms with Gasteiger partial charge in [-0.1, -0.05) is 18.2 Å². The lowest BCUT2D eigenvalue weighted by Gasteiger charge is -2.16. The van der Waals surface area contributed by atoms with Crippen LogP contribution in [0.3, 0.4) is 0 Å². The van der Waals surface area contributed by atoms with Crippen molar-refractivity contribution in [1.82, 2.24) is 14.9 Å². The molecule has 2 aromatic rings. The smallest absolute Gasteiger partial charge is 0.307 e. The predicted molar refractivity (Wildman–Crippen MR) is 70.1 cm³/mol. The molecule has 3 rings (SSSR count). The highest BCUT2D eigenvalue weighted by molar-refractivity contribution is 5.71. The first-order chi connectivity index (χ1) is 9.25. The third kappa shape index (κ3) is 2.24. The first-order valence-electron chi connectivity index (χ1n) is 6.29. The molecule has 5 heteroatoms. The van der Waals surface area contributed by atoms with Gasteiger partial charge in [0.15, 0.2) is 0 Å². The minimum atomic E-state index is -0.727.